The minimum atomic E-state index is -0.537. The number of carbonyl (C=O) groups is 2. The lowest BCUT2D eigenvalue weighted by atomic mass is 10.0. The Morgan fingerprint density at radius 3 is 1.81 bits per heavy atom. The first-order valence-corrected chi connectivity index (χ1v) is 8.60. The minimum absolute atomic E-state index is 0.0197. The van der Waals surface area contributed by atoms with Crippen molar-refractivity contribution in [2.75, 3.05) is 0 Å². The molecule has 3 aromatic carbocycles. The first-order valence-electron chi connectivity index (χ1n) is 8.22. The van der Waals surface area contributed by atoms with Crippen LogP contribution >= 0.6 is 11.6 Å². The van der Waals surface area contributed by atoms with E-state index in [9.17, 15) is 9.59 Å². The van der Waals surface area contributed by atoms with Crippen LogP contribution < -0.4 is 0 Å². The second kappa shape index (κ2) is 8.45. The summed E-state index contributed by atoms with van der Waals surface area (Å²) in [5.74, 6) is -0.490. The van der Waals surface area contributed by atoms with E-state index >= 15 is 0 Å². The van der Waals surface area contributed by atoms with Crippen LogP contribution in [0.1, 0.15) is 33.2 Å². The Bertz CT molecular complexity index is 852. The summed E-state index contributed by atoms with van der Waals surface area (Å²) in [7, 11) is 0. The first kappa shape index (κ1) is 17.9. The Hall–Kier alpha value is -2.91. The average Bonchev–Trinajstić information content (AvgIpc) is 2.67. The number of hydrogen-bond donors (Lipinski definition) is 0. The van der Waals surface area contributed by atoms with Crippen LogP contribution in [0.15, 0.2) is 84.9 Å². The van der Waals surface area contributed by atoms with Crippen molar-refractivity contribution in [2.45, 2.75) is 12.5 Å². The fourth-order valence-corrected chi connectivity index (χ4v) is 2.92. The molecule has 130 valence electrons. The van der Waals surface area contributed by atoms with E-state index in [1.807, 2.05) is 60.7 Å². The van der Waals surface area contributed by atoms with Crippen LogP contribution in [0.25, 0.3) is 0 Å². The van der Waals surface area contributed by atoms with Crippen LogP contribution in [-0.4, -0.2) is 11.2 Å². The van der Waals surface area contributed by atoms with Crippen molar-refractivity contribution in [1.29, 1.82) is 0 Å². The Labute approximate surface area is 157 Å². The second-order valence-corrected chi connectivity index (χ2v) is 6.22. The van der Waals surface area contributed by atoms with Gasteiger partial charge in [0.1, 0.15) is 0 Å². The predicted molar refractivity (Wildman–Crippen MR) is 101 cm³/mol. The molecular formula is C22H17ClO3. The predicted octanol–water partition coefficient (Wildman–Crippen LogP) is 4.94. The molecule has 0 N–H and O–H groups in total. The lowest BCUT2D eigenvalue weighted by Gasteiger charge is -2.19. The van der Waals surface area contributed by atoms with Gasteiger partial charge in [0.15, 0.2) is 6.10 Å². The quantitative estimate of drug-likeness (QED) is 0.459. The maximum absolute atomic E-state index is 12.8. The highest BCUT2D eigenvalue weighted by atomic mass is 35.5. The summed E-state index contributed by atoms with van der Waals surface area (Å²) in [6, 6.07) is 25.9. The van der Waals surface area contributed by atoms with Crippen LogP contribution in [0.5, 0.6) is 0 Å². The molecule has 0 radical (unpaired) electrons. The van der Waals surface area contributed by atoms with Crippen molar-refractivity contribution in [3.8, 4) is 0 Å². The summed E-state index contributed by atoms with van der Waals surface area (Å²) >= 11 is 5.50. The number of hydrogen-bond acceptors (Lipinski definition) is 3. The molecule has 0 saturated carbocycles. The van der Waals surface area contributed by atoms with E-state index in [-0.39, 0.29) is 6.42 Å². The largest absolute Gasteiger partial charge is 0.449 e. The van der Waals surface area contributed by atoms with Crippen LogP contribution in [-0.2, 0) is 16.0 Å². The molecule has 4 heteroatoms. The van der Waals surface area contributed by atoms with Crippen molar-refractivity contribution in [1.82, 2.24) is 0 Å². The van der Waals surface area contributed by atoms with E-state index in [1.165, 1.54) is 0 Å². The maximum atomic E-state index is 12.8. The van der Waals surface area contributed by atoms with E-state index in [1.54, 1.807) is 24.3 Å². The van der Waals surface area contributed by atoms with Gasteiger partial charge in [0, 0.05) is 6.42 Å². The van der Waals surface area contributed by atoms with Crippen molar-refractivity contribution in [3.05, 3.63) is 107 Å². The SMILES string of the molecule is O=C(Cl)Cc1ccccc1C(=O)OC(c1ccccc1)c1ccccc1. The maximum Gasteiger partial charge on any atom is 0.339 e. The molecule has 0 fully saturated rings. The molecular weight excluding hydrogens is 348 g/mol. The third-order valence-corrected chi connectivity index (χ3v) is 4.13. The van der Waals surface area contributed by atoms with Gasteiger partial charge >= 0.3 is 5.97 Å². The minimum Gasteiger partial charge on any atom is -0.449 e. The fourth-order valence-electron chi connectivity index (χ4n) is 2.78. The first-order chi connectivity index (χ1) is 12.6. The Balaban J connectivity index is 1.93. The highest BCUT2D eigenvalue weighted by Gasteiger charge is 2.22. The Morgan fingerprint density at radius 2 is 1.27 bits per heavy atom. The molecule has 0 spiro atoms. The van der Waals surface area contributed by atoms with Gasteiger partial charge in [-0.25, -0.2) is 4.79 Å². The summed E-state index contributed by atoms with van der Waals surface area (Å²) in [4.78, 5) is 24.1. The van der Waals surface area contributed by atoms with Gasteiger partial charge in [0.25, 0.3) is 0 Å². The lowest BCUT2D eigenvalue weighted by molar-refractivity contribution is -0.111. The Kier molecular flexibility index (Phi) is 5.82. The average molecular weight is 365 g/mol. The van der Waals surface area contributed by atoms with Crippen molar-refractivity contribution in [2.24, 2.45) is 0 Å². The van der Waals surface area contributed by atoms with Crippen LogP contribution in [0, 0.1) is 0 Å². The van der Waals surface area contributed by atoms with Crippen molar-refractivity contribution >= 4 is 22.8 Å². The van der Waals surface area contributed by atoms with Crippen LogP contribution in [0.4, 0.5) is 0 Å². The van der Waals surface area contributed by atoms with Gasteiger partial charge in [-0.1, -0.05) is 78.9 Å². The summed E-state index contributed by atoms with van der Waals surface area (Å²) in [6.07, 6.45) is -0.557. The molecule has 0 aliphatic heterocycles. The summed E-state index contributed by atoms with van der Waals surface area (Å²) in [6.45, 7) is 0. The van der Waals surface area contributed by atoms with Gasteiger partial charge in [0.05, 0.1) is 5.56 Å². The van der Waals surface area contributed by atoms with Gasteiger partial charge in [-0.15, -0.1) is 0 Å². The van der Waals surface area contributed by atoms with Gasteiger partial charge < -0.3 is 4.74 Å². The number of halogens is 1. The zero-order chi connectivity index (χ0) is 18.4. The fraction of sp³-hybridized carbons (Fsp3) is 0.0909. The molecule has 3 rings (SSSR count). The number of carbonyl (C=O) groups excluding carboxylic acids is 2. The van der Waals surface area contributed by atoms with Gasteiger partial charge in [-0.2, -0.15) is 0 Å². The zero-order valence-electron chi connectivity index (χ0n) is 14.0. The van der Waals surface area contributed by atoms with Gasteiger partial charge in [-0.3, -0.25) is 4.79 Å². The summed E-state index contributed by atoms with van der Waals surface area (Å²) < 4.78 is 5.84. The van der Waals surface area contributed by atoms with E-state index < -0.39 is 17.3 Å². The molecule has 0 atom stereocenters. The molecule has 0 aromatic heterocycles. The lowest BCUT2D eigenvalue weighted by Crippen LogP contribution is -2.15. The monoisotopic (exact) mass is 364 g/mol. The molecule has 0 aliphatic rings. The summed E-state index contributed by atoms with van der Waals surface area (Å²) in [5.41, 5.74) is 2.65. The van der Waals surface area contributed by atoms with E-state index in [2.05, 4.69) is 0 Å². The highest BCUT2D eigenvalue weighted by Crippen LogP contribution is 2.27. The molecule has 0 unspecified atom stereocenters. The van der Waals surface area contributed by atoms with E-state index in [4.69, 9.17) is 16.3 Å². The second-order valence-electron chi connectivity index (χ2n) is 5.80. The van der Waals surface area contributed by atoms with Gasteiger partial charge in [0.2, 0.25) is 5.24 Å². The number of ether oxygens (including phenoxy) is 1. The molecule has 3 aromatic rings. The normalized spacial score (nSPS) is 10.5. The molecule has 0 heterocycles. The third-order valence-electron chi connectivity index (χ3n) is 4.00. The van der Waals surface area contributed by atoms with Gasteiger partial charge in [-0.05, 0) is 34.4 Å². The van der Waals surface area contributed by atoms with Crippen molar-refractivity contribution in [3.63, 3.8) is 0 Å². The molecule has 0 saturated heterocycles. The molecule has 0 bridgehead atoms. The van der Waals surface area contributed by atoms with Crippen LogP contribution in [0.2, 0.25) is 0 Å². The van der Waals surface area contributed by atoms with Crippen molar-refractivity contribution < 1.29 is 14.3 Å². The standard InChI is InChI=1S/C22H17ClO3/c23-20(24)15-18-13-7-8-14-19(18)22(25)26-21(16-9-3-1-4-10-16)17-11-5-2-6-12-17/h1-14,21H,15H2. The molecule has 0 amide bonds. The zero-order valence-corrected chi connectivity index (χ0v) is 14.7. The third kappa shape index (κ3) is 4.38. The topological polar surface area (TPSA) is 43.4 Å². The van der Waals surface area contributed by atoms with E-state index in [0.29, 0.717) is 11.1 Å². The molecule has 0 aliphatic carbocycles. The highest BCUT2D eigenvalue weighted by molar-refractivity contribution is 6.63. The van der Waals surface area contributed by atoms with Crippen LogP contribution in [0.3, 0.4) is 0 Å². The molecule has 26 heavy (non-hydrogen) atoms. The smallest absolute Gasteiger partial charge is 0.339 e. The Morgan fingerprint density at radius 1 is 0.769 bits per heavy atom. The number of rotatable bonds is 6. The van der Waals surface area contributed by atoms with E-state index in [0.717, 1.165) is 11.1 Å². The number of esters is 1. The number of benzene rings is 3. The summed E-state index contributed by atoms with van der Waals surface area (Å²) in [5, 5.41) is -0.520. The molecule has 3 nitrogen and oxygen atoms in total.